The van der Waals surface area contributed by atoms with Crippen molar-refractivity contribution in [2.45, 2.75) is 6.92 Å². The van der Waals surface area contributed by atoms with Crippen LogP contribution in [0.5, 0.6) is 0 Å². The minimum atomic E-state index is -0.731. The lowest BCUT2D eigenvalue weighted by molar-refractivity contribution is -0.0580. The molecule has 0 bridgehead atoms. The second-order valence-electron chi connectivity index (χ2n) is 5.86. The van der Waals surface area contributed by atoms with E-state index in [1.54, 1.807) is 17.5 Å². The van der Waals surface area contributed by atoms with Crippen molar-refractivity contribution in [2.24, 2.45) is 0 Å². The highest BCUT2D eigenvalue weighted by Gasteiger charge is 2.39. The van der Waals surface area contributed by atoms with Gasteiger partial charge in [-0.2, -0.15) is 0 Å². The van der Waals surface area contributed by atoms with Gasteiger partial charge in [-0.25, -0.2) is 4.79 Å². The summed E-state index contributed by atoms with van der Waals surface area (Å²) >= 11 is 1.20. The fourth-order valence-electron chi connectivity index (χ4n) is 2.80. The third-order valence-electron chi connectivity index (χ3n) is 4.14. The molecular formula is C20H13NO4S. The molecule has 0 aliphatic carbocycles. The number of hydroxylamine groups is 2. The highest BCUT2D eigenvalue weighted by molar-refractivity contribution is 7.12. The molecule has 0 N–H and O–H groups in total. The molecule has 0 unspecified atom stereocenters. The Morgan fingerprint density at radius 3 is 2.12 bits per heavy atom. The van der Waals surface area contributed by atoms with Crippen LogP contribution in [0.15, 0.2) is 60.0 Å². The number of nitrogens with zero attached hydrogens (tertiary/aromatic N) is 1. The van der Waals surface area contributed by atoms with Gasteiger partial charge < -0.3 is 4.84 Å². The van der Waals surface area contributed by atoms with Crippen molar-refractivity contribution in [2.75, 3.05) is 0 Å². The molecule has 1 aromatic heterocycles. The summed E-state index contributed by atoms with van der Waals surface area (Å²) in [4.78, 5) is 42.8. The van der Waals surface area contributed by atoms with Crippen LogP contribution >= 0.6 is 11.3 Å². The summed E-state index contributed by atoms with van der Waals surface area (Å²) in [5.74, 6) is -2.00. The fourth-order valence-corrected chi connectivity index (χ4v) is 3.59. The summed E-state index contributed by atoms with van der Waals surface area (Å²) in [7, 11) is 0. The van der Waals surface area contributed by atoms with Crippen LogP contribution in [-0.2, 0) is 4.84 Å². The topological polar surface area (TPSA) is 63.7 Å². The molecule has 3 aromatic rings. The van der Waals surface area contributed by atoms with Gasteiger partial charge in [-0.3, -0.25) is 9.59 Å². The van der Waals surface area contributed by atoms with Crippen molar-refractivity contribution in [3.8, 4) is 11.1 Å². The van der Waals surface area contributed by atoms with Gasteiger partial charge in [-0.05, 0) is 36.1 Å². The molecule has 1 aliphatic heterocycles. The average Bonchev–Trinajstić information content (AvgIpc) is 3.23. The Morgan fingerprint density at radius 2 is 1.50 bits per heavy atom. The van der Waals surface area contributed by atoms with E-state index in [0.29, 0.717) is 15.5 Å². The van der Waals surface area contributed by atoms with E-state index in [9.17, 15) is 14.4 Å². The SMILES string of the molecule is Cc1ccc(-c2ccsc2C(=O)ON2C(=O)c3ccccc3C2=O)cc1. The maximum absolute atomic E-state index is 12.6. The van der Waals surface area contributed by atoms with Crippen molar-refractivity contribution >= 4 is 29.1 Å². The molecule has 2 amide bonds. The maximum Gasteiger partial charge on any atom is 0.374 e. The van der Waals surface area contributed by atoms with Crippen molar-refractivity contribution in [1.29, 1.82) is 0 Å². The van der Waals surface area contributed by atoms with Gasteiger partial charge in [0.15, 0.2) is 0 Å². The van der Waals surface area contributed by atoms with Crippen LogP contribution in [-0.4, -0.2) is 22.8 Å². The molecule has 0 radical (unpaired) electrons. The number of hydrogen-bond acceptors (Lipinski definition) is 5. The first-order valence-electron chi connectivity index (χ1n) is 7.91. The number of rotatable bonds is 3. The zero-order valence-electron chi connectivity index (χ0n) is 13.8. The Labute approximate surface area is 153 Å². The monoisotopic (exact) mass is 363 g/mol. The lowest BCUT2D eigenvalue weighted by Gasteiger charge is -2.12. The Morgan fingerprint density at radius 1 is 0.885 bits per heavy atom. The Kier molecular flexibility index (Phi) is 3.89. The van der Waals surface area contributed by atoms with Crippen LogP contribution in [0, 0.1) is 6.92 Å². The normalized spacial score (nSPS) is 13.0. The van der Waals surface area contributed by atoms with E-state index in [0.717, 1.165) is 11.1 Å². The molecule has 0 spiro atoms. The number of carbonyl (C=O) groups excluding carboxylic acids is 3. The molecule has 5 nitrogen and oxygen atoms in total. The van der Waals surface area contributed by atoms with E-state index in [-0.39, 0.29) is 11.1 Å². The molecule has 26 heavy (non-hydrogen) atoms. The standard InChI is InChI=1S/C20H13NO4S/c1-12-6-8-13(9-7-12)14-10-11-26-17(14)20(24)25-21-18(22)15-4-2-3-5-16(15)19(21)23/h2-11H,1H3. The molecule has 2 heterocycles. The minimum Gasteiger partial charge on any atom is -0.323 e. The summed E-state index contributed by atoms with van der Waals surface area (Å²) in [6.07, 6.45) is 0. The lowest BCUT2D eigenvalue weighted by Crippen LogP contribution is -2.32. The number of fused-ring (bicyclic) bond motifs is 1. The maximum atomic E-state index is 12.6. The predicted molar refractivity (Wildman–Crippen MR) is 96.8 cm³/mol. The van der Waals surface area contributed by atoms with Crippen LogP contribution in [0.25, 0.3) is 11.1 Å². The van der Waals surface area contributed by atoms with Gasteiger partial charge in [0, 0.05) is 5.56 Å². The van der Waals surface area contributed by atoms with E-state index in [1.807, 2.05) is 37.3 Å². The Bertz CT molecular complexity index is 1000. The van der Waals surface area contributed by atoms with Gasteiger partial charge in [0.2, 0.25) is 0 Å². The number of aryl methyl sites for hydroxylation is 1. The highest BCUT2D eigenvalue weighted by Crippen LogP contribution is 2.30. The molecule has 0 saturated heterocycles. The summed E-state index contributed by atoms with van der Waals surface area (Å²) in [6, 6.07) is 15.9. The summed E-state index contributed by atoms with van der Waals surface area (Å²) in [5, 5.41) is 2.31. The lowest BCUT2D eigenvalue weighted by atomic mass is 10.1. The van der Waals surface area contributed by atoms with Crippen molar-refractivity contribution in [1.82, 2.24) is 5.06 Å². The van der Waals surface area contributed by atoms with Crippen LogP contribution in [0.3, 0.4) is 0 Å². The average molecular weight is 363 g/mol. The Balaban J connectivity index is 1.61. The Hall–Kier alpha value is -3.25. The summed E-state index contributed by atoms with van der Waals surface area (Å²) in [5.41, 5.74) is 3.15. The molecule has 0 fully saturated rings. The minimum absolute atomic E-state index is 0.232. The first-order chi connectivity index (χ1) is 12.6. The molecular weight excluding hydrogens is 350 g/mol. The molecule has 2 aromatic carbocycles. The van der Waals surface area contributed by atoms with E-state index in [1.165, 1.54) is 23.5 Å². The summed E-state index contributed by atoms with van der Waals surface area (Å²) < 4.78 is 0. The predicted octanol–water partition coefficient (Wildman–Crippen LogP) is 4.09. The summed E-state index contributed by atoms with van der Waals surface area (Å²) in [6.45, 7) is 1.98. The first kappa shape index (κ1) is 16.2. The molecule has 128 valence electrons. The van der Waals surface area contributed by atoms with Crippen molar-refractivity contribution < 1.29 is 19.2 Å². The van der Waals surface area contributed by atoms with Gasteiger partial charge in [-0.1, -0.05) is 47.0 Å². The molecule has 1 aliphatic rings. The van der Waals surface area contributed by atoms with E-state index >= 15 is 0 Å². The van der Waals surface area contributed by atoms with Crippen LogP contribution < -0.4 is 0 Å². The fraction of sp³-hybridized carbons (Fsp3) is 0.0500. The number of hydrogen-bond donors (Lipinski definition) is 0. The zero-order valence-corrected chi connectivity index (χ0v) is 14.6. The van der Waals surface area contributed by atoms with E-state index in [2.05, 4.69) is 0 Å². The molecule has 6 heteroatoms. The van der Waals surface area contributed by atoms with Crippen molar-refractivity contribution in [3.63, 3.8) is 0 Å². The van der Waals surface area contributed by atoms with Gasteiger partial charge in [0.25, 0.3) is 11.8 Å². The van der Waals surface area contributed by atoms with Gasteiger partial charge in [0.05, 0.1) is 11.1 Å². The van der Waals surface area contributed by atoms with Gasteiger partial charge >= 0.3 is 5.97 Å². The van der Waals surface area contributed by atoms with Gasteiger partial charge in [-0.15, -0.1) is 11.3 Å². The highest BCUT2D eigenvalue weighted by atomic mass is 32.1. The van der Waals surface area contributed by atoms with E-state index in [4.69, 9.17) is 4.84 Å². The van der Waals surface area contributed by atoms with Crippen LogP contribution in [0.1, 0.15) is 36.0 Å². The van der Waals surface area contributed by atoms with Crippen molar-refractivity contribution in [3.05, 3.63) is 81.5 Å². The molecule has 0 atom stereocenters. The van der Waals surface area contributed by atoms with Crippen LogP contribution in [0.2, 0.25) is 0 Å². The largest absolute Gasteiger partial charge is 0.374 e. The number of carbonyl (C=O) groups is 3. The smallest absolute Gasteiger partial charge is 0.323 e. The number of benzene rings is 2. The van der Waals surface area contributed by atoms with Gasteiger partial charge in [0.1, 0.15) is 4.88 Å². The molecule has 4 rings (SSSR count). The second kappa shape index (κ2) is 6.24. The quantitative estimate of drug-likeness (QED) is 0.658. The first-order valence-corrected chi connectivity index (χ1v) is 8.79. The third-order valence-corrected chi connectivity index (χ3v) is 5.04. The number of imide groups is 1. The molecule has 0 saturated carbocycles. The van der Waals surface area contributed by atoms with E-state index < -0.39 is 17.8 Å². The van der Waals surface area contributed by atoms with Crippen LogP contribution in [0.4, 0.5) is 0 Å². The zero-order chi connectivity index (χ0) is 18.3. The second-order valence-corrected chi connectivity index (χ2v) is 6.77. The number of amides is 2. The number of thiophene rings is 1. The third kappa shape index (κ3) is 2.60.